The molecule has 25 heavy (non-hydrogen) atoms. The molecule has 0 aliphatic carbocycles. The van der Waals surface area contributed by atoms with E-state index in [4.69, 9.17) is 34.8 Å². The summed E-state index contributed by atoms with van der Waals surface area (Å²) in [5.74, 6) is 0.355. The van der Waals surface area contributed by atoms with E-state index in [0.717, 1.165) is 0 Å². The summed E-state index contributed by atoms with van der Waals surface area (Å²) in [5.41, 5.74) is 1.78. The fraction of sp³-hybridized carbons (Fsp3) is 0. The van der Waals surface area contributed by atoms with Gasteiger partial charge < -0.3 is 10.6 Å². The summed E-state index contributed by atoms with van der Waals surface area (Å²) in [7, 11) is 0. The Hall–Kier alpha value is -2.27. The number of nitrogens with one attached hydrogen (secondary N) is 2. The van der Waals surface area contributed by atoms with Crippen LogP contribution in [0, 0.1) is 0 Å². The highest BCUT2D eigenvalue weighted by molar-refractivity contribution is 6.36. The van der Waals surface area contributed by atoms with Gasteiger partial charge in [-0.3, -0.25) is 4.79 Å². The Kier molecular flexibility index (Phi) is 5.43. The molecule has 4 nitrogen and oxygen atoms in total. The van der Waals surface area contributed by atoms with Gasteiger partial charge >= 0.3 is 0 Å². The fourth-order valence-electron chi connectivity index (χ4n) is 2.08. The summed E-state index contributed by atoms with van der Waals surface area (Å²) >= 11 is 17.8. The Morgan fingerprint density at radius 1 is 0.880 bits per heavy atom. The SMILES string of the molecule is O=C(Nc1ccc(Nc2ccc(Cl)cc2Cl)nc1)c1ccc(Cl)cc1. The number of halogens is 3. The molecule has 126 valence electrons. The molecule has 0 atom stereocenters. The molecule has 3 rings (SSSR count). The molecule has 0 bridgehead atoms. The van der Waals surface area contributed by atoms with Crippen molar-refractivity contribution in [3.63, 3.8) is 0 Å². The number of hydrogen-bond acceptors (Lipinski definition) is 3. The maximum Gasteiger partial charge on any atom is 0.255 e. The topological polar surface area (TPSA) is 54.0 Å². The van der Waals surface area contributed by atoms with Gasteiger partial charge in [-0.05, 0) is 54.6 Å². The summed E-state index contributed by atoms with van der Waals surface area (Å²) < 4.78 is 0. The number of carbonyl (C=O) groups is 1. The lowest BCUT2D eigenvalue weighted by molar-refractivity contribution is 0.102. The maximum atomic E-state index is 12.2. The van der Waals surface area contributed by atoms with Crippen LogP contribution in [0.4, 0.5) is 17.2 Å². The summed E-state index contributed by atoms with van der Waals surface area (Å²) in [6.07, 6.45) is 1.56. The van der Waals surface area contributed by atoms with Crippen molar-refractivity contribution in [1.82, 2.24) is 4.98 Å². The van der Waals surface area contributed by atoms with Crippen LogP contribution in [0.1, 0.15) is 10.4 Å². The largest absolute Gasteiger partial charge is 0.339 e. The molecule has 1 amide bonds. The standard InChI is InChI=1S/C18H12Cl3N3O/c19-12-3-1-11(2-4-12)18(25)23-14-6-8-17(22-10-14)24-16-7-5-13(20)9-15(16)21/h1-10H,(H,22,24)(H,23,25). The van der Waals surface area contributed by atoms with Crippen molar-refractivity contribution in [2.45, 2.75) is 0 Å². The Morgan fingerprint density at radius 3 is 2.24 bits per heavy atom. The van der Waals surface area contributed by atoms with E-state index in [-0.39, 0.29) is 5.91 Å². The quantitative estimate of drug-likeness (QED) is 0.569. The van der Waals surface area contributed by atoms with Crippen LogP contribution < -0.4 is 10.6 Å². The first-order chi connectivity index (χ1) is 12.0. The van der Waals surface area contributed by atoms with Crippen LogP contribution in [0.25, 0.3) is 0 Å². The Bertz CT molecular complexity index is 896. The van der Waals surface area contributed by atoms with E-state index >= 15 is 0 Å². The molecular weight excluding hydrogens is 381 g/mol. The van der Waals surface area contributed by atoms with Crippen LogP contribution in [-0.4, -0.2) is 10.9 Å². The number of hydrogen-bond donors (Lipinski definition) is 2. The second-order valence-corrected chi connectivity index (χ2v) is 6.42. The fourth-order valence-corrected chi connectivity index (χ4v) is 2.66. The number of amides is 1. The smallest absolute Gasteiger partial charge is 0.255 e. The lowest BCUT2D eigenvalue weighted by Gasteiger charge is -2.09. The molecule has 7 heteroatoms. The summed E-state index contributed by atoms with van der Waals surface area (Å²) in [6, 6.07) is 15.3. The van der Waals surface area contributed by atoms with Crippen molar-refractivity contribution in [2.75, 3.05) is 10.6 Å². The van der Waals surface area contributed by atoms with E-state index in [1.807, 2.05) is 0 Å². The number of carbonyl (C=O) groups excluding carboxylic acids is 1. The van der Waals surface area contributed by atoms with Crippen molar-refractivity contribution in [3.05, 3.63) is 81.4 Å². The predicted molar refractivity (Wildman–Crippen MR) is 103 cm³/mol. The first-order valence-corrected chi connectivity index (χ1v) is 8.40. The lowest BCUT2D eigenvalue weighted by atomic mass is 10.2. The maximum absolute atomic E-state index is 12.2. The lowest BCUT2D eigenvalue weighted by Crippen LogP contribution is -2.11. The zero-order valence-corrected chi connectivity index (χ0v) is 15.0. The molecular formula is C18H12Cl3N3O. The molecule has 1 heterocycles. The molecule has 0 aliphatic heterocycles. The van der Waals surface area contributed by atoms with Gasteiger partial charge in [0.2, 0.25) is 0 Å². The van der Waals surface area contributed by atoms with E-state index in [0.29, 0.717) is 37.8 Å². The molecule has 0 spiro atoms. The summed E-state index contributed by atoms with van der Waals surface area (Å²) in [4.78, 5) is 16.4. The highest BCUT2D eigenvalue weighted by Crippen LogP contribution is 2.27. The number of rotatable bonds is 4. The van der Waals surface area contributed by atoms with E-state index in [1.54, 1.807) is 60.8 Å². The highest BCUT2D eigenvalue weighted by atomic mass is 35.5. The number of aromatic nitrogens is 1. The van der Waals surface area contributed by atoms with Crippen LogP contribution in [0.15, 0.2) is 60.8 Å². The van der Waals surface area contributed by atoms with E-state index < -0.39 is 0 Å². The number of anilines is 3. The molecule has 2 aromatic carbocycles. The van der Waals surface area contributed by atoms with Gasteiger partial charge in [0.05, 0.1) is 22.6 Å². The van der Waals surface area contributed by atoms with Crippen LogP contribution in [0.2, 0.25) is 15.1 Å². The molecule has 0 saturated carbocycles. The normalized spacial score (nSPS) is 10.4. The highest BCUT2D eigenvalue weighted by Gasteiger charge is 2.07. The minimum atomic E-state index is -0.236. The first-order valence-electron chi connectivity index (χ1n) is 7.26. The number of benzene rings is 2. The number of nitrogens with zero attached hydrogens (tertiary/aromatic N) is 1. The molecule has 0 saturated heterocycles. The van der Waals surface area contributed by atoms with Crippen molar-refractivity contribution in [1.29, 1.82) is 0 Å². The molecule has 2 N–H and O–H groups in total. The van der Waals surface area contributed by atoms with Gasteiger partial charge in [0.1, 0.15) is 5.82 Å². The third kappa shape index (κ3) is 4.63. The van der Waals surface area contributed by atoms with Gasteiger partial charge in [-0.25, -0.2) is 4.98 Å². The average molecular weight is 393 g/mol. The monoisotopic (exact) mass is 391 g/mol. The van der Waals surface area contributed by atoms with E-state index in [2.05, 4.69) is 15.6 Å². The third-order valence-electron chi connectivity index (χ3n) is 3.32. The molecule has 0 fully saturated rings. The van der Waals surface area contributed by atoms with Crippen molar-refractivity contribution >= 4 is 57.9 Å². The Morgan fingerprint density at radius 2 is 1.60 bits per heavy atom. The Balaban J connectivity index is 1.67. The molecule has 0 radical (unpaired) electrons. The summed E-state index contributed by atoms with van der Waals surface area (Å²) in [6.45, 7) is 0. The minimum Gasteiger partial charge on any atom is -0.339 e. The number of pyridine rings is 1. The van der Waals surface area contributed by atoms with Gasteiger partial charge in [0.15, 0.2) is 0 Å². The van der Waals surface area contributed by atoms with Crippen molar-refractivity contribution < 1.29 is 4.79 Å². The second kappa shape index (κ2) is 7.74. The molecule has 1 aromatic heterocycles. The molecule has 0 aliphatic rings. The Labute approximate surface area is 159 Å². The van der Waals surface area contributed by atoms with Crippen molar-refractivity contribution in [2.24, 2.45) is 0 Å². The van der Waals surface area contributed by atoms with Gasteiger partial charge in [-0.1, -0.05) is 34.8 Å². The zero-order valence-electron chi connectivity index (χ0n) is 12.8. The van der Waals surface area contributed by atoms with Crippen LogP contribution >= 0.6 is 34.8 Å². The van der Waals surface area contributed by atoms with E-state index in [9.17, 15) is 4.79 Å². The van der Waals surface area contributed by atoms with Crippen LogP contribution in [0.5, 0.6) is 0 Å². The summed E-state index contributed by atoms with van der Waals surface area (Å²) in [5, 5.41) is 7.49. The van der Waals surface area contributed by atoms with Gasteiger partial charge in [-0.15, -0.1) is 0 Å². The van der Waals surface area contributed by atoms with Gasteiger partial charge in [0, 0.05) is 15.6 Å². The third-order valence-corrected chi connectivity index (χ3v) is 4.12. The van der Waals surface area contributed by atoms with Gasteiger partial charge in [0.25, 0.3) is 5.91 Å². The van der Waals surface area contributed by atoms with E-state index in [1.165, 1.54) is 0 Å². The van der Waals surface area contributed by atoms with Crippen molar-refractivity contribution in [3.8, 4) is 0 Å². The predicted octanol–water partition coefficient (Wildman–Crippen LogP) is 6.04. The first kappa shape index (κ1) is 17.5. The second-order valence-electron chi connectivity index (χ2n) is 5.14. The molecule has 3 aromatic rings. The molecule has 0 unspecified atom stereocenters. The zero-order chi connectivity index (χ0) is 17.8. The van der Waals surface area contributed by atoms with Crippen LogP contribution in [0.3, 0.4) is 0 Å². The minimum absolute atomic E-state index is 0.236. The van der Waals surface area contributed by atoms with Crippen LogP contribution in [-0.2, 0) is 0 Å². The van der Waals surface area contributed by atoms with Gasteiger partial charge in [-0.2, -0.15) is 0 Å². The average Bonchev–Trinajstić information content (AvgIpc) is 2.59.